The van der Waals surface area contributed by atoms with Gasteiger partial charge in [-0.2, -0.15) is 5.10 Å². The van der Waals surface area contributed by atoms with Gasteiger partial charge in [0.2, 0.25) is 11.7 Å². The molecule has 4 aromatic heterocycles. The molecule has 3 N–H and O–H groups in total. The van der Waals surface area contributed by atoms with Crippen molar-refractivity contribution < 1.29 is 9.59 Å². The van der Waals surface area contributed by atoms with E-state index in [-0.39, 0.29) is 17.3 Å². The zero-order chi connectivity index (χ0) is 25.3. The molecule has 1 aliphatic rings. The quantitative estimate of drug-likeness (QED) is 0.364. The number of nitrogens with zero attached hydrogens (tertiary/aromatic N) is 6. The smallest absolute Gasteiger partial charge is 0.294 e. The van der Waals surface area contributed by atoms with E-state index in [1.165, 1.54) is 0 Å². The number of likely N-dealkylation sites (tertiary alicyclic amines) is 1. The first-order valence-electron chi connectivity index (χ1n) is 12.0. The van der Waals surface area contributed by atoms with Gasteiger partial charge in [0.1, 0.15) is 0 Å². The molecule has 0 aromatic carbocycles. The topological polar surface area (TPSA) is 133 Å². The fraction of sp³-hybridized carbons (Fsp3) is 0.360. The van der Waals surface area contributed by atoms with Gasteiger partial charge in [-0.15, -0.1) is 10.2 Å². The molecular formula is C25H29N9O2. The number of H-pyrrole nitrogens is 1. The fourth-order valence-electron chi connectivity index (χ4n) is 4.58. The lowest BCUT2D eigenvalue weighted by Gasteiger charge is -2.31. The minimum absolute atomic E-state index is 0.0856. The first-order valence-corrected chi connectivity index (χ1v) is 12.0. The SMILES string of the molecule is Cc1ncc(NC(=O)CCN2CCCC2(C)C)cc1NC(=O)c1nnc2cc(-c3cn[nH]c3)ccn12. The Morgan fingerprint density at radius 2 is 2.00 bits per heavy atom. The van der Waals surface area contributed by atoms with Gasteiger partial charge in [0.25, 0.3) is 5.91 Å². The van der Waals surface area contributed by atoms with E-state index >= 15 is 0 Å². The number of anilines is 2. The molecule has 1 fully saturated rings. The lowest BCUT2D eigenvalue weighted by Crippen LogP contribution is -2.39. The summed E-state index contributed by atoms with van der Waals surface area (Å²) in [5.41, 5.74) is 4.13. The molecule has 11 heteroatoms. The van der Waals surface area contributed by atoms with E-state index in [1.807, 2.05) is 12.1 Å². The van der Waals surface area contributed by atoms with Crippen molar-refractivity contribution in [2.75, 3.05) is 23.7 Å². The Morgan fingerprint density at radius 1 is 1.14 bits per heavy atom. The molecule has 5 rings (SSSR count). The van der Waals surface area contributed by atoms with Crippen molar-refractivity contribution >= 4 is 28.8 Å². The Kier molecular flexibility index (Phi) is 6.23. The van der Waals surface area contributed by atoms with E-state index in [2.05, 4.69) is 54.8 Å². The molecule has 0 radical (unpaired) electrons. The number of hydrogen-bond acceptors (Lipinski definition) is 7. The summed E-state index contributed by atoms with van der Waals surface area (Å²) >= 11 is 0. The number of amides is 2. The molecule has 5 heterocycles. The van der Waals surface area contributed by atoms with Gasteiger partial charge in [0, 0.05) is 36.5 Å². The molecule has 1 saturated heterocycles. The summed E-state index contributed by atoms with van der Waals surface area (Å²) in [5, 5.41) is 20.7. The number of carbonyl (C=O) groups is 2. The number of nitrogens with one attached hydrogen (secondary N) is 3. The second-order valence-electron chi connectivity index (χ2n) is 9.67. The molecule has 186 valence electrons. The number of aryl methyl sites for hydroxylation is 1. The number of rotatable bonds is 7. The fourth-order valence-corrected chi connectivity index (χ4v) is 4.58. The average Bonchev–Trinajstić information content (AvgIpc) is 3.59. The summed E-state index contributed by atoms with van der Waals surface area (Å²) in [6.45, 7) is 7.95. The van der Waals surface area contributed by atoms with Crippen LogP contribution in [0.5, 0.6) is 0 Å². The molecule has 36 heavy (non-hydrogen) atoms. The van der Waals surface area contributed by atoms with Crippen LogP contribution in [-0.4, -0.2) is 65.1 Å². The van der Waals surface area contributed by atoms with Gasteiger partial charge < -0.3 is 10.6 Å². The molecule has 0 unspecified atom stereocenters. The van der Waals surface area contributed by atoms with Crippen LogP contribution in [0.4, 0.5) is 11.4 Å². The standard InChI is InChI=1S/C25H29N9O2/c1-16-20(12-19(15-26-16)29-22(35)6-9-33-8-4-7-25(33,2)3)30-24(36)23-32-31-21-11-17(5-10-34(21)23)18-13-27-28-14-18/h5,10-15H,4,6-9H2,1-3H3,(H,27,28)(H,29,35)(H,30,36). The van der Waals surface area contributed by atoms with Crippen LogP contribution in [0.3, 0.4) is 0 Å². The van der Waals surface area contributed by atoms with Crippen LogP contribution in [0.15, 0.2) is 43.0 Å². The number of aromatic nitrogens is 6. The van der Waals surface area contributed by atoms with E-state index in [0.717, 1.165) is 30.5 Å². The Bertz CT molecular complexity index is 1410. The monoisotopic (exact) mass is 487 g/mol. The summed E-state index contributed by atoms with van der Waals surface area (Å²) in [6.07, 6.45) is 9.53. The Labute approximate surface area is 208 Å². The van der Waals surface area contributed by atoms with Gasteiger partial charge in [-0.25, -0.2) is 0 Å². The van der Waals surface area contributed by atoms with Gasteiger partial charge in [-0.1, -0.05) is 0 Å². The molecule has 2 amide bonds. The second-order valence-corrected chi connectivity index (χ2v) is 9.67. The highest BCUT2D eigenvalue weighted by Gasteiger charge is 2.31. The largest absolute Gasteiger partial charge is 0.325 e. The number of hydrogen-bond donors (Lipinski definition) is 3. The molecule has 0 spiro atoms. The molecule has 1 aliphatic heterocycles. The van der Waals surface area contributed by atoms with Crippen molar-refractivity contribution in [1.29, 1.82) is 0 Å². The first-order chi connectivity index (χ1) is 17.3. The van der Waals surface area contributed by atoms with Crippen LogP contribution in [0.2, 0.25) is 0 Å². The number of carbonyl (C=O) groups excluding carboxylic acids is 2. The van der Waals surface area contributed by atoms with Gasteiger partial charge in [-0.3, -0.25) is 29.0 Å². The second kappa shape index (κ2) is 9.50. The van der Waals surface area contributed by atoms with Crippen LogP contribution in [-0.2, 0) is 4.79 Å². The summed E-state index contributed by atoms with van der Waals surface area (Å²) in [5.74, 6) is -0.369. The Balaban J connectivity index is 1.26. The lowest BCUT2D eigenvalue weighted by molar-refractivity contribution is -0.116. The highest BCUT2D eigenvalue weighted by atomic mass is 16.2. The molecule has 0 atom stereocenters. The third kappa shape index (κ3) is 4.82. The summed E-state index contributed by atoms with van der Waals surface area (Å²) in [4.78, 5) is 32.3. The van der Waals surface area contributed by atoms with Crippen molar-refractivity contribution in [1.82, 2.24) is 34.7 Å². The predicted octanol–water partition coefficient (Wildman–Crippen LogP) is 3.28. The number of pyridine rings is 2. The van der Waals surface area contributed by atoms with Crippen molar-refractivity contribution in [2.24, 2.45) is 0 Å². The average molecular weight is 488 g/mol. The Morgan fingerprint density at radius 3 is 2.75 bits per heavy atom. The van der Waals surface area contributed by atoms with Gasteiger partial charge in [-0.05, 0) is 63.9 Å². The third-order valence-electron chi connectivity index (χ3n) is 6.74. The maximum atomic E-state index is 13.0. The van der Waals surface area contributed by atoms with Gasteiger partial charge >= 0.3 is 0 Å². The summed E-state index contributed by atoms with van der Waals surface area (Å²) in [7, 11) is 0. The minimum atomic E-state index is -0.428. The van der Waals surface area contributed by atoms with E-state index < -0.39 is 5.91 Å². The number of aromatic amines is 1. The molecule has 4 aromatic rings. The molecule has 0 aliphatic carbocycles. The maximum Gasteiger partial charge on any atom is 0.294 e. The maximum absolute atomic E-state index is 13.0. The predicted molar refractivity (Wildman–Crippen MR) is 136 cm³/mol. The van der Waals surface area contributed by atoms with E-state index in [1.54, 1.807) is 42.2 Å². The molecule has 0 bridgehead atoms. The van der Waals surface area contributed by atoms with Crippen LogP contribution in [0, 0.1) is 6.92 Å². The minimum Gasteiger partial charge on any atom is -0.325 e. The van der Waals surface area contributed by atoms with E-state index in [4.69, 9.17) is 0 Å². The van der Waals surface area contributed by atoms with Crippen molar-refractivity contribution in [3.8, 4) is 11.1 Å². The van der Waals surface area contributed by atoms with Crippen LogP contribution >= 0.6 is 0 Å². The van der Waals surface area contributed by atoms with E-state index in [9.17, 15) is 9.59 Å². The van der Waals surface area contributed by atoms with E-state index in [0.29, 0.717) is 35.7 Å². The van der Waals surface area contributed by atoms with Gasteiger partial charge in [0.15, 0.2) is 5.65 Å². The van der Waals surface area contributed by atoms with Crippen molar-refractivity contribution in [2.45, 2.75) is 45.6 Å². The molecule has 11 nitrogen and oxygen atoms in total. The normalized spacial score (nSPS) is 15.3. The highest BCUT2D eigenvalue weighted by Crippen LogP contribution is 2.28. The first kappa shape index (κ1) is 23.6. The summed E-state index contributed by atoms with van der Waals surface area (Å²) in [6, 6.07) is 5.41. The van der Waals surface area contributed by atoms with Crippen LogP contribution in [0.1, 0.15) is 49.4 Å². The molecular weight excluding hydrogens is 458 g/mol. The Hall–Kier alpha value is -4.12. The third-order valence-corrected chi connectivity index (χ3v) is 6.74. The lowest BCUT2D eigenvalue weighted by atomic mass is 10.0. The van der Waals surface area contributed by atoms with Crippen LogP contribution in [0.25, 0.3) is 16.8 Å². The van der Waals surface area contributed by atoms with Crippen molar-refractivity contribution in [3.05, 3.63) is 54.5 Å². The van der Waals surface area contributed by atoms with Crippen LogP contribution < -0.4 is 10.6 Å². The van der Waals surface area contributed by atoms with Gasteiger partial charge in [0.05, 0.1) is 29.5 Å². The zero-order valence-electron chi connectivity index (χ0n) is 20.6. The highest BCUT2D eigenvalue weighted by molar-refractivity contribution is 6.03. The van der Waals surface area contributed by atoms with Crippen molar-refractivity contribution in [3.63, 3.8) is 0 Å². The zero-order valence-corrected chi connectivity index (χ0v) is 20.6. The number of fused-ring (bicyclic) bond motifs is 1. The summed E-state index contributed by atoms with van der Waals surface area (Å²) < 4.78 is 1.62. The molecule has 0 saturated carbocycles.